The lowest BCUT2D eigenvalue weighted by Crippen LogP contribution is -2.01. The smallest absolute Gasteiger partial charge is 0.335 e. The van der Waals surface area contributed by atoms with Crippen LogP contribution in [-0.2, 0) is 0 Å². The first-order valence-electron chi connectivity index (χ1n) is 4.60. The normalized spacial score (nSPS) is 12.4. The molecule has 1 aromatic heterocycles. The molecular formula is C10H13NO3S. The van der Waals surface area contributed by atoms with Crippen molar-refractivity contribution in [1.29, 1.82) is 0 Å². The number of aliphatic hydroxyl groups is 1. The fourth-order valence-electron chi connectivity index (χ4n) is 1.05. The second-order valence-electron chi connectivity index (χ2n) is 3.13. The number of hydrogen-bond acceptors (Lipinski definition) is 4. The molecule has 0 aliphatic rings. The van der Waals surface area contributed by atoms with Gasteiger partial charge in [-0.2, -0.15) is 0 Å². The maximum atomic E-state index is 10.7. The Morgan fingerprint density at radius 1 is 1.67 bits per heavy atom. The van der Waals surface area contributed by atoms with Crippen molar-refractivity contribution >= 4 is 17.7 Å². The van der Waals surface area contributed by atoms with Crippen molar-refractivity contribution in [2.24, 2.45) is 0 Å². The van der Waals surface area contributed by atoms with Crippen molar-refractivity contribution in [2.45, 2.75) is 23.6 Å². The van der Waals surface area contributed by atoms with Gasteiger partial charge in [-0.1, -0.05) is 6.92 Å². The fourth-order valence-corrected chi connectivity index (χ4v) is 2.01. The number of aliphatic hydroxyl groups excluding tert-OH is 1. The molecule has 0 aliphatic heterocycles. The number of thioether (sulfide) groups is 1. The van der Waals surface area contributed by atoms with Crippen molar-refractivity contribution < 1.29 is 15.0 Å². The first-order chi connectivity index (χ1) is 7.13. The molecule has 0 fully saturated rings. The highest BCUT2D eigenvalue weighted by Crippen LogP contribution is 2.23. The summed E-state index contributed by atoms with van der Waals surface area (Å²) < 4.78 is 0. The SMILES string of the molecule is CC(CCO)Sc1cc(C(=O)O)ccn1. The molecule has 15 heavy (non-hydrogen) atoms. The molecule has 5 heteroatoms. The number of nitrogens with zero attached hydrogens (tertiary/aromatic N) is 1. The van der Waals surface area contributed by atoms with Crippen LogP contribution in [0.1, 0.15) is 23.7 Å². The highest BCUT2D eigenvalue weighted by atomic mass is 32.2. The third-order valence-corrected chi connectivity index (χ3v) is 2.94. The van der Waals surface area contributed by atoms with Gasteiger partial charge in [0.05, 0.1) is 10.6 Å². The van der Waals surface area contributed by atoms with Gasteiger partial charge < -0.3 is 10.2 Å². The fraction of sp³-hybridized carbons (Fsp3) is 0.400. The summed E-state index contributed by atoms with van der Waals surface area (Å²) in [5, 5.41) is 18.4. The van der Waals surface area contributed by atoms with Crippen LogP contribution in [0.15, 0.2) is 23.4 Å². The number of hydrogen-bond donors (Lipinski definition) is 2. The monoisotopic (exact) mass is 227 g/mol. The lowest BCUT2D eigenvalue weighted by molar-refractivity contribution is 0.0696. The second-order valence-corrected chi connectivity index (χ2v) is 4.59. The number of rotatable bonds is 5. The number of carboxylic acid groups (broad SMARTS) is 1. The average Bonchev–Trinajstić information content (AvgIpc) is 2.18. The molecule has 0 aromatic carbocycles. The van der Waals surface area contributed by atoms with E-state index in [2.05, 4.69) is 4.98 Å². The number of aromatic nitrogens is 1. The Bertz CT molecular complexity index is 343. The number of carboxylic acids is 1. The molecule has 4 nitrogen and oxygen atoms in total. The van der Waals surface area contributed by atoms with E-state index in [1.54, 1.807) is 6.07 Å². The Labute approximate surface area is 92.3 Å². The first kappa shape index (κ1) is 12.0. The van der Waals surface area contributed by atoms with Gasteiger partial charge in [0.15, 0.2) is 0 Å². The van der Waals surface area contributed by atoms with Crippen molar-refractivity contribution in [3.8, 4) is 0 Å². The summed E-state index contributed by atoms with van der Waals surface area (Å²) in [6.07, 6.45) is 2.15. The van der Waals surface area contributed by atoms with Crippen molar-refractivity contribution in [1.82, 2.24) is 4.98 Å². The van der Waals surface area contributed by atoms with E-state index in [1.165, 1.54) is 24.0 Å². The summed E-state index contributed by atoms with van der Waals surface area (Å²) in [6.45, 7) is 2.10. The molecule has 1 rings (SSSR count). The summed E-state index contributed by atoms with van der Waals surface area (Å²) in [5.41, 5.74) is 0.240. The topological polar surface area (TPSA) is 70.4 Å². The molecule has 0 saturated carbocycles. The zero-order valence-electron chi connectivity index (χ0n) is 8.38. The van der Waals surface area contributed by atoms with Gasteiger partial charge in [-0.15, -0.1) is 11.8 Å². The quantitative estimate of drug-likeness (QED) is 0.748. The summed E-state index contributed by atoms with van der Waals surface area (Å²) in [5.74, 6) is -0.950. The lowest BCUT2D eigenvalue weighted by Gasteiger charge is -2.08. The van der Waals surface area contributed by atoms with Crippen LogP contribution < -0.4 is 0 Å². The average molecular weight is 227 g/mol. The van der Waals surface area contributed by atoms with Crippen LogP contribution in [0.25, 0.3) is 0 Å². The van der Waals surface area contributed by atoms with Crippen LogP contribution in [0.2, 0.25) is 0 Å². The highest BCUT2D eigenvalue weighted by Gasteiger charge is 2.08. The molecule has 1 unspecified atom stereocenters. The largest absolute Gasteiger partial charge is 0.478 e. The molecule has 0 bridgehead atoms. The van der Waals surface area contributed by atoms with Crippen molar-refractivity contribution in [2.75, 3.05) is 6.61 Å². The molecular weight excluding hydrogens is 214 g/mol. The van der Waals surface area contributed by atoms with Crippen LogP contribution in [0.3, 0.4) is 0 Å². The molecule has 0 saturated heterocycles. The van der Waals surface area contributed by atoms with Gasteiger partial charge in [-0.3, -0.25) is 0 Å². The molecule has 1 heterocycles. The van der Waals surface area contributed by atoms with E-state index in [9.17, 15) is 4.79 Å². The van der Waals surface area contributed by atoms with Crippen LogP contribution >= 0.6 is 11.8 Å². The Morgan fingerprint density at radius 3 is 3.00 bits per heavy atom. The number of carbonyl (C=O) groups is 1. The van der Waals surface area contributed by atoms with E-state index in [1.807, 2.05) is 6.92 Å². The minimum Gasteiger partial charge on any atom is -0.478 e. The molecule has 0 radical (unpaired) electrons. The Morgan fingerprint density at radius 2 is 2.40 bits per heavy atom. The summed E-state index contributed by atoms with van der Waals surface area (Å²) in [7, 11) is 0. The van der Waals surface area contributed by atoms with Crippen LogP contribution in [0.4, 0.5) is 0 Å². The summed E-state index contributed by atoms with van der Waals surface area (Å²) in [6, 6.07) is 3.00. The van der Waals surface area contributed by atoms with Gasteiger partial charge >= 0.3 is 5.97 Å². The Kier molecular flexibility index (Phi) is 4.58. The molecule has 82 valence electrons. The van der Waals surface area contributed by atoms with Gasteiger partial charge in [0.2, 0.25) is 0 Å². The van der Waals surface area contributed by atoms with Crippen molar-refractivity contribution in [3.63, 3.8) is 0 Å². The maximum absolute atomic E-state index is 10.7. The number of pyridine rings is 1. The Balaban J connectivity index is 2.69. The zero-order valence-corrected chi connectivity index (χ0v) is 9.20. The van der Waals surface area contributed by atoms with Gasteiger partial charge in [-0.25, -0.2) is 9.78 Å². The van der Waals surface area contributed by atoms with Crippen LogP contribution in [0, 0.1) is 0 Å². The number of aromatic carboxylic acids is 1. The molecule has 1 atom stereocenters. The summed E-state index contributed by atoms with van der Waals surface area (Å²) in [4.78, 5) is 14.7. The van der Waals surface area contributed by atoms with E-state index < -0.39 is 5.97 Å². The van der Waals surface area contributed by atoms with Gasteiger partial charge in [0.25, 0.3) is 0 Å². The van der Waals surface area contributed by atoms with E-state index in [0.717, 1.165) is 0 Å². The standard InChI is InChI=1S/C10H13NO3S/c1-7(3-5-12)15-9-6-8(10(13)14)2-4-11-9/h2,4,6-7,12H,3,5H2,1H3,(H,13,14). The zero-order chi connectivity index (χ0) is 11.3. The van der Waals surface area contributed by atoms with Gasteiger partial charge in [0.1, 0.15) is 0 Å². The minimum absolute atomic E-state index is 0.132. The molecule has 0 aliphatic carbocycles. The third-order valence-electron chi connectivity index (χ3n) is 1.84. The van der Waals surface area contributed by atoms with Gasteiger partial charge in [0, 0.05) is 18.1 Å². The predicted octanol–water partition coefficient (Wildman–Crippen LogP) is 1.64. The minimum atomic E-state index is -0.950. The predicted molar refractivity (Wildman–Crippen MR) is 58.2 cm³/mol. The second kappa shape index (κ2) is 5.72. The summed E-state index contributed by atoms with van der Waals surface area (Å²) >= 11 is 1.47. The molecule has 1 aromatic rings. The van der Waals surface area contributed by atoms with Crippen LogP contribution in [0.5, 0.6) is 0 Å². The van der Waals surface area contributed by atoms with E-state index in [-0.39, 0.29) is 17.4 Å². The molecule has 2 N–H and O–H groups in total. The molecule has 0 amide bonds. The Hall–Kier alpha value is -1.07. The van der Waals surface area contributed by atoms with Gasteiger partial charge in [-0.05, 0) is 18.6 Å². The van der Waals surface area contributed by atoms with Crippen molar-refractivity contribution in [3.05, 3.63) is 23.9 Å². The van der Waals surface area contributed by atoms with E-state index in [0.29, 0.717) is 11.4 Å². The van der Waals surface area contributed by atoms with E-state index >= 15 is 0 Å². The van der Waals surface area contributed by atoms with E-state index in [4.69, 9.17) is 10.2 Å². The highest BCUT2D eigenvalue weighted by molar-refractivity contribution is 7.99. The van der Waals surface area contributed by atoms with Crippen LogP contribution in [-0.4, -0.2) is 33.0 Å². The molecule has 0 spiro atoms. The third kappa shape index (κ3) is 3.89. The lowest BCUT2D eigenvalue weighted by atomic mass is 10.3. The maximum Gasteiger partial charge on any atom is 0.335 e. The first-order valence-corrected chi connectivity index (χ1v) is 5.48.